The summed E-state index contributed by atoms with van der Waals surface area (Å²) in [4.78, 5) is 1.24. The first-order valence-electron chi connectivity index (χ1n) is 13.4. The third kappa shape index (κ3) is 5.82. The maximum Gasteiger partial charge on any atom is 0.0840 e. The van der Waals surface area contributed by atoms with E-state index in [1.165, 1.54) is 30.6 Å². The second-order valence-electron chi connectivity index (χ2n) is 12.0. The van der Waals surface area contributed by atoms with Gasteiger partial charge >= 0.3 is 0 Å². The van der Waals surface area contributed by atoms with Crippen molar-refractivity contribution in [1.29, 1.82) is 0 Å². The smallest absolute Gasteiger partial charge is 0.0840 e. The number of hydrogen-bond acceptors (Lipinski definition) is 4. The topological polar surface area (TPSA) is 60.7 Å². The normalized spacial score (nSPS) is 34.9. The molecule has 0 unspecified atom stereocenters. The summed E-state index contributed by atoms with van der Waals surface area (Å²) >= 11 is 1.92. The third-order valence-corrected chi connectivity index (χ3v) is 10.3. The van der Waals surface area contributed by atoms with Gasteiger partial charge in [-0.25, -0.2) is 0 Å². The molecule has 0 heterocycles. The molecular formula is C31H44O3S. The molecule has 0 aliphatic heterocycles. The predicted molar refractivity (Wildman–Crippen MR) is 146 cm³/mol. The van der Waals surface area contributed by atoms with Crippen LogP contribution in [0.1, 0.15) is 78.2 Å². The van der Waals surface area contributed by atoms with Crippen LogP contribution in [0.3, 0.4) is 0 Å². The van der Waals surface area contributed by atoms with Gasteiger partial charge in [0.15, 0.2) is 0 Å². The van der Waals surface area contributed by atoms with E-state index in [1.54, 1.807) is 5.57 Å². The number of thioether (sulfide) groups is 1. The summed E-state index contributed by atoms with van der Waals surface area (Å²) in [5.74, 6) is 3.06. The van der Waals surface area contributed by atoms with Crippen LogP contribution < -0.4 is 0 Å². The highest BCUT2D eigenvalue weighted by atomic mass is 32.2. The number of benzene rings is 1. The van der Waals surface area contributed by atoms with Gasteiger partial charge in [-0.1, -0.05) is 50.3 Å². The first-order chi connectivity index (χ1) is 16.5. The quantitative estimate of drug-likeness (QED) is 0.380. The number of hydrogen-bond donors (Lipinski definition) is 3. The van der Waals surface area contributed by atoms with E-state index in [2.05, 4.69) is 50.8 Å². The lowest BCUT2D eigenvalue weighted by molar-refractivity contribution is 0.0783. The summed E-state index contributed by atoms with van der Waals surface area (Å²) in [7, 11) is 0. The van der Waals surface area contributed by atoms with Crippen molar-refractivity contribution in [3.8, 4) is 0 Å². The van der Waals surface area contributed by atoms with Crippen molar-refractivity contribution in [3.05, 3.63) is 65.3 Å². The maximum atomic E-state index is 10.4. The minimum atomic E-state index is -0.811. The van der Waals surface area contributed by atoms with E-state index < -0.39 is 17.8 Å². The SMILES string of the molecule is C=C1/C(=C/C=C2\CCC[C@]3(C)[C@@H]([C@@H](C)CSc4cccc(C(C)(C)O)c4)CC[C@@H]23)C[C@@H](O)C[C@@H]1O. The molecule has 1 aromatic rings. The Hall–Kier alpha value is -1.33. The molecule has 3 aliphatic rings. The molecule has 4 heteroatoms. The van der Waals surface area contributed by atoms with Gasteiger partial charge in [-0.05, 0) is 104 Å². The van der Waals surface area contributed by atoms with Gasteiger partial charge in [0.25, 0.3) is 0 Å². The van der Waals surface area contributed by atoms with Crippen molar-refractivity contribution < 1.29 is 15.3 Å². The maximum absolute atomic E-state index is 10.4. The Bertz CT molecular complexity index is 987. The molecule has 3 saturated carbocycles. The van der Waals surface area contributed by atoms with Gasteiger partial charge in [0.2, 0.25) is 0 Å². The number of fused-ring (bicyclic) bond motifs is 1. The molecular weight excluding hydrogens is 452 g/mol. The van der Waals surface area contributed by atoms with Gasteiger partial charge < -0.3 is 15.3 Å². The van der Waals surface area contributed by atoms with Crippen molar-refractivity contribution in [1.82, 2.24) is 0 Å². The first-order valence-corrected chi connectivity index (χ1v) is 14.4. The van der Waals surface area contributed by atoms with E-state index in [-0.39, 0.29) is 0 Å². The second kappa shape index (κ2) is 10.6. The molecule has 4 rings (SSSR count). The lowest BCUT2D eigenvalue weighted by Crippen LogP contribution is -2.36. The summed E-state index contributed by atoms with van der Waals surface area (Å²) in [6.07, 6.45) is 10.5. The highest BCUT2D eigenvalue weighted by Crippen LogP contribution is 2.59. The summed E-state index contributed by atoms with van der Waals surface area (Å²) in [6, 6.07) is 8.36. The zero-order valence-corrected chi connectivity index (χ0v) is 22.8. The van der Waals surface area contributed by atoms with Gasteiger partial charge in [-0.15, -0.1) is 11.8 Å². The number of aliphatic hydroxyl groups excluding tert-OH is 2. The summed E-state index contributed by atoms with van der Waals surface area (Å²) in [6.45, 7) is 12.7. The lowest BCUT2D eigenvalue weighted by atomic mass is 9.61. The van der Waals surface area contributed by atoms with Crippen molar-refractivity contribution in [2.24, 2.45) is 23.2 Å². The van der Waals surface area contributed by atoms with E-state index in [9.17, 15) is 15.3 Å². The van der Waals surface area contributed by atoms with Crippen LogP contribution in [0.5, 0.6) is 0 Å². The zero-order chi connectivity index (χ0) is 25.4. The minimum absolute atomic E-state index is 0.333. The van der Waals surface area contributed by atoms with E-state index in [1.807, 2.05) is 31.7 Å². The molecule has 3 aliphatic carbocycles. The largest absolute Gasteiger partial charge is 0.393 e. The molecule has 6 atom stereocenters. The van der Waals surface area contributed by atoms with Crippen LogP contribution in [0.4, 0.5) is 0 Å². The lowest BCUT2D eigenvalue weighted by Gasteiger charge is -2.44. The summed E-state index contributed by atoms with van der Waals surface area (Å²) in [5, 5.41) is 30.7. The van der Waals surface area contributed by atoms with Crippen LogP contribution in [-0.2, 0) is 5.60 Å². The standard InChI is InChI=1S/C31H44O3S/c1-20(19-35-26-10-6-9-24(17-26)30(3,4)34)27-13-14-28-22(8-7-15-31(27,28)5)11-12-23-16-25(32)18-29(33)21(23)2/h6,9-12,17,20,25,27-29,32-34H,2,7-8,13-16,18-19H2,1,3-5H3/b22-11+,23-12+/t20-,25+,27+,28-,29-,31+/m0/s1. The average Bonchev–Trinajstić information content (AvgIpc) is 3.16. The van der Waals surface area contributed by atoms with Gasteiger partial charge in [-0.2, -0.15) is 0 Å². The molecule has 3 N–H and O–H groups in total. The molecule has 192 valence electrons. The fraction of sp³-hybridized carbons (Fsp3) is 0.613. The Morgan fingerprint density at radius 1 is 1.23 bits per heavy atom. The first kappa shape index (κ1) is 26.7. The highest BCUT2D eigenvalue weighted by molar-refractivity contribution is 7.99. The number of rotatable bonds is 6. The molecule has 35 heavy (non-hydrogen) atoms. The van der Waals surface area contributed by atoms with E-state index in [4.69, 9.17) is 0 Å². The van der Waals surface area contributed by atoms with Gasteiger partial charge in [0.1, 0.15) is 0 Å². The molecule has 0 spiro atoms. The monoisotopic (exact) mass is 496 g/mol. The second-order valence-corrected chi connectivity index (χ2v) is 13.1. The predicted octanol–water partition coefficient (Wildman–Crippen LogP) is 6.78. The van der Waals surface area contributed by atoms with Crippen LogP contribution >= 0.6 is 11.8 Å². The molecule has 0 radical (unpaired) electrons. The Kier molecular flexibility index (Phi) is 8.07. The zero-order valence-electron chi connectivity index (χ0n) is 22.0. The van der Waals surface area contributed by atoms with E-state index >= 15 is 0 Å². The van der Waals surface area contributed by atoms with Crippen molar-refractivity contribution in [3.63, 3.8) is 0 Å². The number of aliphatic hydroxyl groups is 3. The summed E-state index contributed by atoms with van der Waals surface area (Å²) < 4.78 is 0. The van der Waals surface area contributed by atoms with Crippen LogP contribution in [0.15, 0.2) is 64.6 Å². The van der Waals surface area contributed by atoms with Crippen molar-refractivity contribution >= 4 is 11.8 Å². The molecule has 0 saturated heterocycles. The van der Waals surface area contributed by atoms with Gasteiger partial charge in [0, 0.05) is 17.1 Å². The van der Waals surface area contributed by atoms with Crippen LogP contribution in [0.2, 0.25) is 0 Å². The number of allylic oxidation sites excluding steroid dienone is 3. The Balaban J connectivity index is 1.45. The Labute approximate surface area is 216 Å². The fourth-order valence-corrected chi connectivity index (χ4v) is 8.06. The van der Waals surface area contributed by atoms with Crippen molar-refractivity contribution in [2.75, 3.05) is 5.75 Å². The van der Waals surface area contributed by atoms with Crippen LogP contribution in [0.25, 0.3) is 0 Å². The molecule has 3 nitrogen and oxygen atoms in total. The van der Waals surface area contributed by atoms with E-state index in [0.717, 1.165) is 28.9 Å². The van der Waals surface area contributed by atoms with E-state index in [0.29, 0.717) is 36.0 Å². The van der Waals surface area contributed by atoms with Gasteiger partial charge in [0.05, 0.1) is 17.8 Å². The van der Waals surface area contributed by atoms with Crippen LogP contribution in [0, 0.1) is 23.2 Å². The Morgan fingerprint density at radius 3 is 2.74 bits per heavy atom. The minimum Gasteiger partial charge on any atom is -0.393 e. The Morgan fingerprint density at radius 2 is 2.00 bits per heavy atom. The van der Waals surface area contributed by atoms with Gasteiger partial charge in [-0.3, -0.25) is 0 Å². The third-order valence-electron chi connectivity index (χ3n) is 9.04. The molecule has 3 fully saturated rings. The summed E-state index contributed by atoms with van der Waals surface area (Å²) in [5.41, 5.74) is 3.82. The van der Waals surface area contributed by atoms with Crippen molar-refractivity contribution in [2.45, 2.75) is 95.3 Å². The molecule has 1 aromatic carbocycles. The highest BCUT2D eigenvalue weighted by Gasteiger charge is 2.50. The molecule has 0 aromatic heterocycles. The fourth-order valence-electron chi connectivity index (χ4n) is 6.99. The van der Waals surface area contributed by atoms with Crippen LogP contribution in [-0.4, -0.2) is 33.3 Å². The molecule has 0 bridgehead atoms. The average molecular weight is 497 g/mol. The molecule has 0 amide bonds.